The number of amides is 2. The van der Waals surface area contributed by atoms with E-state index in [2.05, 4.69) is 0 Å². The number of carbonyl (C=O) groups is 2. The van der Waals surface area contributed by atoms with Crippen molar-refractivity contribution in [3.63, 3.8) is 0 Å². The third-order valence-corrected chi connectivity index (χ3v) is 2.64. The highest BCUT2D eigenvalue weighted by Gasteiger charge is 2.17. The zero-order chi connectivity index (χ0) is 12.9. The molecule has 0 atom stereocenters. The van der Waals surface area contributed by atoms with Gasteiger partial charge in [0.05, 0.1) is 0 Å². The summed E-state index contributed by atoms with van der Waals surface area (Å²) in [6.07, 6.45) is 0. The molecule has 0 saturated carbocycles. The molecular formula is C12H24N2O2. The molecule has 94 valence electrons. The molecule has 16 heavy (non-hydrogen) atoms. The van der Waals surface area contributed by atoms with Gasteiger partial charge >= 0.3 is 0 Å². The Bertz CT molecular complexity index is 223. The Kier molecular flexibility index (Phi) is 6.08. The summed E-state index contributed by atoms with van der Waals surface area (Å²) < 4.78 is 0. The van der Waals surface area contributed by atoms with Gasteiger partial charge in [0.2, 0.25) is 11.8 Å². The molecule has 0 unspecified atom stereocenters. The van der Waals surface area contributed by atoms with Gasteiger partial charge in [-0.3, -0.25) is 9.59 Å². The normalized spacial score (nSPS) is 10.8. The minimum atomic E-state index is 0.0576. The van der Waals surface area contributed by atoms with E-state index in [1.807, 2.05) is 27.7 Å². The van der Waals surface area contributed by atoms with E-state index in [4.69, 9.17) is 0 Å². The fourth-order valence-corrected chi connectivity index (χ4v) is 1.77. The van der Waals surface area contributed by atoms with Crippen molar-refractivity contribution < 1.29 is 9.59 Å². The number of nitrogens with zero attached hydrogens (tertiary/aromatic N) is 2. The van der Waals surface area contributed by atoms with E-state index in [-0.39, 0.29) is 23.9 Å². The fraction of sp³-hybridized carbons (Fsp3) is 0.833. The number of hydrogen-bond acceptors (Lipinski definition) is 2. The molecule has 0 aromatic carbocycles. The van der Waals surface area contributed by atoms with Crippen LogP contribution in [0.15, 0.2) is 0 Å². The second-order valence-electron chi connectivity index (χ2n) is 4.61. The van der Waals surface area contributed by atoms with Crippen LogP contribution >= 0.6 is 0 Å². The summed E-state index contributed by atoms with van der Waals surface area (Å²) in [5, 5.41) is 0. The van der Waals surface area contributed by atoms with E-state index < -0.39 is 0 Å². The van der Waals surface area contributed by atoms with Gasteiger partial charge in [-0.25, -0.2) is 0 Å². The van der Waals surface area contributed by atoms with Crippen LogP contribution in [-0.2, 0) is 9.59 Å². The van der Waals surface area contributed by atoms with Crippen LogP contribution in [-0.4, -0.2) is 46.8 Å². The summed E-state index contributed by atoms with van der Waals surface area (Å²) in [5.41, 5.74) is 0. The summed E-state index contributed by atoms with van der Waals surface area (Å²) in [6, 6.07) is 0.358. The second-order valence-corrected chi connectivity index (χ2v) is 4.61. The maximum Gasteiger partial charge on any atom is 0.219 e. The van der Waals surface area contributed by atoms with Crippen molar-refractivity contribution in [3.05, 3.63) is 0 Å². The predicted octanol–water partition coefficient (Wildman–Crippen LogP) is 1.50. The molecule has 0 aliphatic heterocycles. The summed E-state index contributed by atoms with van der Waals surface area (Å²) >= 11 is 0. The Hall–Kier alpha value is -1.06. The lowest BCUT2D eigenvalue weighted by Gasteiger charge is -2.31. The molecule has 0 aliphatic rings. The van der Waals surface area contributed by atoms with Crippen LogP contribution in [0.4, 0.5) is 0 Å². The molecule has 0 fully saturated rings. The van der Waals surface area contributed by atoms with Gasteiger partial charge < -0.3 is 9.80 Å². The van der Waals surface area contributed by atoms with Crippen LogP contribution in [0, 0.1) is 0 Å². The van der Waals surface area contributed by atoms with Gasteiger partial charge in [-0.2, -0.15) is 0 Å². The van der Waals surface area contributed by atoms with Gasteiger partial charge in [0.25, 0.3) is 0 Å². The van der Waals surface area contributed by atoms with E-state index in [1.54, 1.807) is 23.6 Å². The zero-order valence-corrected chi connectivity index (χ0v) is 11.3. The van der Waals surface area contributed by atoms with Crippen LogP contribution in [0.25, 0.3) is 0 Å². The van der Waals surface area contributed by atoms with Crippen molar-refractivity contribution in [2.45, 2.75) is 53.6 Å². The second kappa shape index (κ2) is 6.51. The highest BCUT2D eigenvalue weighted by molar-refractivity contribution is 5.74. The average molecular weight is 228 g/mol. The monoisotopic (exact) mass is 228 g/mol. The molecule has 0 N–H and O–H groups in total. The van der Waals surface area contributed by atoms with Gasteiger partial charge in [-0.05, 0) is 27.7 Å². The SMILES string of the molecule is CC(=O)N(CCN(C(C)=O)C(C)C)C(C)C. The Morgan fingerprint density at radius 1 is 0.812 bits per heavy atom. The van der Waals surface area contributed by atoms with E-state index in [9.17, 15) is 9.59 Å². The summed E-state index contributed by atoms with van der Waals surface area (Å²) in [7, 11) is 0. The number of hydrogen-bond donors (Lipinski definition) is 0. The van der Waals surface area contributed by atoms with E-state index in [1.165, 1.54) is 0 Å². The molecule has 0 radical (unpaired) electrons. The maximum atomic E-state index is 11.4. The van der Waals surface area contributed by atoms with Crippen molar-refractivity contribution in [2.75, 3.05) is 13.1 Å². The molecule has 4 nitrogen and oxygen atoms in total. The Morgan fingerprint density at radius 3 is 1.19 bits per heavy atom. The molecule has 0 saturated heterocycles. The predicted molar refractivity (Wildman–Crippen MR) is 65.0 cm³/mol. The molecule has 0 heterocycles. The van der Waals surface area contributed by atoms with Gasteiger partial charge in [0.1, 0.15) is 0 Å². The van der Waals surface area contributed by atoms with Crippen molar-refractivity contribution in [2.24, 2.45) is 0 Å². The summed E-state index contributed by atoms with van der Waals surface area (Å²) in [5.74, 6) is 0.115. The molecule has 4 heteroatoms. The van der Waals surface area contributed by atoms with Gasteiger partial charge in [0.15, 0.2) is 0 Å². The lowest BCUT2D eigenvalue weighted by Crippen LogP contribution is -2.44. The van der Waals surface area contributed by atoms with Crippen LogP contribution in [0.2, 0.25) is 0 Å². The summed E-state index contributed by atoms with van der Waals surface area (Å²) in [6.45, 7) is 12.3. The fourth-order valence-electron chi connectivity index (χ4n) is 1.77. The lowest BCUT2D eigenvalue weighted by atomic mass is 10.2. The van der Waals surface area contributed by atoms with Crippen molar-refractivity contribution in [1.82, 2.24) is 9.80 Å². The maximum absolute atomic E-state index is 11.4. The van der Waals surface area contributed by atoms with Gasteiger partial charge in [-0.15, -0.1) is 0 Å². The van der Waals surface area contributed by atoms with Crippen molar-refractivity contribution in [1.29, 1.82) is 0 Å². The van der Waals surface area contributed by atoms with E-state index in [0.29, 0.717) is 13.1 Å². The molecule has 0 aliphatic carbocycles. The zero-order valence-electron chi connectivity index (χ0n) is 11.3. The first-order valence-electron chi connectivity index (χ1n) is 5.81. The first-order chi connectivity index (χ1) is 7.27. The van der Waals surface area contributed by atoms with Gasteiger partial charge in [-0.1, -0.05) is 0 Å². The van der Waals surface area contributed by atoms with Crippen LogP contribution < -0.4 is 0 Å². The lowest BCUT2D eigenvalue weighted by molar-refractivity contribution is -0.135. The minimum Gasteiger partial charge on any atom is -0.339 e. The highest BCUT2D eigenvalue weighted by Crippen LogP contribution is 2.03. The Balaban J connectivity index is 4.38. The molecular weight excluding hydrogens is 204 g/mol. The van der Waals surface area contributed by atoms with Crippen LogP contribution in [0.3, 0.4) is 0 Å². The van der Waals surface area contributed by atoms with Gasteiger partial charge in [0, 0.05) is 39.0 Å². The van der Waals surface area contributed by atoms with Crippen LogP contribution in [0.5, 0.6) is 0 Å². The standard InChI is InChI=1S/C12H24N2O2/c1-9(2)13(11(5)15)7-8-14(10(3)4)12(6)16/h9-10H,7-8H2,1-6H3. The largest absolute Gasteiger partial charge is 0.339 e. The van der Waals surface area contributed by atoms with E-state index in [0.717, 1.165) is 0 Å². The number of rotatable bonds is 5. The third kappa shape index (κ3) is 4.64. The molecule has 0 spiro atoms. The third-order valence-electron chi connectivity index (χ3n) is 2.64. The molecule has 0 aromatic heterocycles. The molecule has 0 bridgehead atoms. The van der Waals surface area contributed by atoms with Crippen LogP contribution in [0.1, 0.15) is 41.5 Å². The van der Waals surface area contributed by atoms with Crippen molar-refractivity contribution >= 4 is 11.8 Å². The minimum absolute atomic E-state index is 0.0576. The molecule has 0 rings (SSSR count). The number of carbonyl (C=O) groups excluding carboxylic acids is 2. The average Bonchev–Trinajstić information content (AvgIpc) is 2.09. The Morgan fingerprint density at radius 2 is 1.06 bits per heavy atom. The quantitative estimate of drug-likeness (QED) is 0.715. The molecule has 2 amide bonds. The smallest absolute Gasteiger partial charge is 0.219 e. The first-order valence-corrected chi connectivity index (χ1v) is 5.81. The summed E-state index contributed by atoms with van der Waals surface area (Å²) in [4.78, 5) is 26.3. The Labute approximate surface area is 98.6 Å². The van der Waals surface area contributed by atoms with E-state index >= 15 is 0 Å². The molecule has 0 aromatic rings. The van der Waals surface area contributed by atoms with Crippen molar-refractivity contribution in [3.8, 4) is 0 Å². The first kappa shape index (κ1) is 14.9. The highest BCUT2D eigenvalue weighted by atomic mass is 16.2. The topological polar surface area (TPSA) is 40.6 Å².